The van der Waals surface area contributed by atoms with Crippen molar-refractivity contribution in [1.82, 2.24) is 35.4 Å². The van der Waals surface area contributed by atoms with Crippen molar-refractivity contribution in [2.24, 2.45) is 5.92 Å². The molecule has 1 atom stereocenters. The van der Waals surface area contributed by atoms with Gasteiger partial charge in [-0.15, -0.1) is 0 Å². The number of hydrogen-bond donors (Lipinski definition) is 2. The normalized spacial score (nSPS) is 16.7. The van der Waals surface area contributed by atoms with Gasteiger partial charge in [0, 0.05) is 18.7 Å². The molecule has 5 rings (SSSR count). The molecule has 1 saturated heterocycles. The summed E-state index contributed by atoms with van der Waals surface area (Å²) in [6.07, 6.45) is 4.83. The first-order valence-corrected chi connectivity index (χ1v) is 9.82. The highest BCUT2D eigenvalue weighted by atomic mass is 16.5. The molecule has 152 valence electrons. The third kappa shape index (κ3) is 3.59. The van der Waals surface area contributed by atoms with Crippen LogP contribution in [0.15, 0.2) is 47.5 Å². The largest absolute Gasteiger partial charge is 0.354 e. The number of rotatable bonds is 5. The van der Waals surface area contributed by atoms with Crippen LogP contribution in [0.3, 0.4) is 0 Å². The first kappa shape index (κ1) is 18.2. The number of aromatic amines is 1. The lowest BCUT2D eigenvalue weighted by Gasteiger charge is -2.32. The molecule has 10 heteroatoms. The topological polar surface area (TPSA) is 126 Å². The zero-order valence-corrected chi connectivity index (χ0v) is 16.2. The third-order valence-electron chi connectivity index (χ3n) is 5.20. The molecule has 30 heavy (non-hydrogen) atoms. The van der Waals surface area contributed by atoms with Crippen molar-refractivity contribution in [3.63, 3.8) is 0 Å². The molecule has 1 unspecified atom stereocenters. The molecular weight excluding hydrogens is 384 g/mol. The van der Waals surface area contributed by atoms with E-state index in [1.165, 1.54) is 6.33 Å². The molecule has 1 fully saturated rings. The molecule has 0 radical (unpaired) electrons. The summed E-state index contributed by atoms with van der Waals surface area (Å²) in [6.45, 7) is 1.64. The second-order valence-electron chi connectivity index (χ2n) is 7.18. The van der Waals surface area contributed by atoms with Gasteiger partial charge in [0.25, 0.3) is 5.89 Å². The zero-order valence-electron chi connectivity index (χ0n) is 16.2. The Labute approximate surface area is 171 Å². The number of piperidine rings is 1. The number of anilines is 1. The van der Waals surface area contributed by atoms with Crippen molar-refractivity contribution < 1.29 is 9.32 Å². The number of imidazole rings is 1. The number of aromatic nitrogens is 6. The smallest absolute Gasteiger partial charge is 0.257 e. The number of carbonyl (C=O) groups excluding carboxylic acids is 1. The van der Waals surface area contributed by atoms with Crippen LogP contribution in [-0.2, 0) is 11.3 Å². The summed E-state index contributed by atoms with van der Waals surface area (Å²) in [7, 11) is 0. The van der Waals surface area contributed by atoms with E-state index in [9.17, 15) is 4.79 Å². The molecule has 0 aliphatic carbocycles. The molecule has 0 saturated carbocycles. The standard InChI is InChI=1S/C20H20N8O2/c29-19(21-9-15-26-20(30-27-15)13-5-2-1-3-6-13)14-7-4-8-28(10-14)18-16-17(23-11-22-16)24-12-25-18/h1-3,5-6,11-12,14H,4,7-10H2,(H,21,29)(H,22,23,24,25). The first-order valence-electron chi connectivity index (χ1n) is 9.82. The van der Waals surface area contributed by atoms with Crippen LogP contribution in [0.1, 0.15) is 18.7 Å². The van der Waals surface area contributed by atoms with Crippen molar-refractivity contribution in [2.75, 3.05) is 18.0 Å². The molecule has 4 heterocycles. The van der Waals surface area contributed by atoms with Gasteiger partial charge in [0.05, 0.1) is 18.8 Å². The Balaban J connectivity index is 1.22. The summed E-state index contributed by atoms with van der Waals surface area (Å²) in [5.74, 6) is 1.49. The summed E-state index contributed by atoms with van der Waals surface area (Å²) in [5, 5.41) is 6.90. The average Bonchev–Trinajstić information content (AvgIpc) is 3.47. The summed E-state index contributed by atoms with van der Waals surface area (Å²) in [5.41, 5.74) is 2.26. The predicted octanol–water partition coefficient (Wildman–Crippen LogP) is 1.94. The molecule has 0 bridgehead atoms. The van der Waals surface area contributed by atoms with Crippen molar-refractivity contribution >= 4 is 22.9 Å². The molecule has 4 aromatic rings. The van der Waals surface area contributed by atoms with Crippen molar-refractivity contribution in [3.8, 4) is 11.5 Å². The van der Waals surface area contributed by atoms with Crippen LogP contribution in [-0.4, -0.2) is 49.1 Å². The minimum absolute atomic E-state index is 0.0272. The Bertz CT molecular complexity index is 1160. The van der Waals surface area contributed by atoms with Gasteiger partial charge in [0.2, 0.25) is 5.91 Å². The maximum atomic E-state index is 12.8. The van der Waals surface area contributed by atoms with E-state index in [0.29, 0.717) is 23.9 Å². The minimum Gasteiger partial charge on any atom is -0.354 e. The average molecular weight is 404 g/mol. The molecule has 0 spiro atoms. The maximum absolute atomic E-state index is 12.8. The van der Waals surface area contributed by atoms with E-state index < -0.39 is 0 Å². The highest BCUT2D eigenvalue weighted by Crippen LogP contribution is 2.26. The van der Waals surface area contributed by atoms with E-state index in [1.54, 1.807) is 6.33 Å². The van der Waals surface area contributed by atoms with Crippen molar-refractivity contribution in [1.29, 1.82) is 0 Å². The van der Waals surface area contributed by atoms with E-state index in [-0.39, 0.29) is 18.4 Å². The fraction of sp³-hybridized carbons (Fsp3) is 0.300. The van der Waals surface area contributed by atoms with Gasteiger partial charge in [-0.3, -0.25) is 4.79 Å². The monoisotopic (exact) mass is 404 g/mol. The summed E-state index contributed by atoms with van der Waals surface area (Å²) in [4.78, 5) is 35.1. The molecule has 1 aromatic carbocycles. The number of amides is 1. The van der Waals surface area contributed by atoms with Crippen molar-refractivity contribution in [2.45, 2.75) is 19.4 Å². The van der Waals surface area contributed by atoms with E-state index in [0.717, 1.165) is 36.3 Å². The quantitative estimate of drug-likeness (QED) is 0.517. The van der Waals surface area contributed by atoms with Gasteiger partial charge in [-0.05, 0) is 25.0 Å². The highest BCUT2D eigenvalue weighted by Gasteiger charge is 2.28. The fourth-order valence-corrected chi connectivity index (χ4v) is 3.71. The summed E-state index contributed by atoms with van der Waals surface area (Å²) < 4.78 is 5.29. The lowest BCUT2D eigenvalue weighted by Crippen LogP contribution is -2.43. The Morgan fingerprint density at radius 1 is 1.23 bits per heavy atom. The Kier molecular flexibility index (Phi) is 4.80. The van der Waals surface area contributed by atoms with Crippen LogP contribution in [0.4, 0.5) is 5.82 Å². The molecule has 1 aliphatic rings. The van der Waals surface area contributed by atoms with Crippen LogP contribution in [0.2, 0.25) is 0 Å². The fourth-order valence-electron chi connectivity index (χ4n) is 3.71. The van der Waals surface area contributed by atoms with E-state index in [4.69, 9.17) is 4.52 Å². The SMILES string of the molecule is O=C(NCc1noc(-c2ccccc2)n1)C1CCCN(c2ncnc3nc[nH]c23)C1. The molecule has 1 amide bonds. The highest BCUT2D eigenvalue weighted by molar-refractivity contribution is 5.84. The molecule has 10 nitrogen and oxygen atoms in total. The van der Waals surface area contributed by atoms with Crippen LogP contribution in [0.25, 0.3) is 22.6 Å². The second kappa shape index (κ2) is 7.90. The van der Waals surface area contributed by atoms with Crippen LogP contribution in [0.5, 0.6) is 0 Å². The third-order valence-corrected chi connectivity index (χ3v) is 5.20. The van der Waals surface area contributed by atoms with E-state index >= 15 is 0 Å². The van der Waals surface area contributed by atoms with E-state index in [1.807, 2.05) is 30.3 Å². The lowest BCUT2D eigenvalue weighted by molar-refractivity contribution is -0.125. The Morgan fingerprint density at radius 3 is 3.03 bits per heavy atom. The van der Waals surface area contributed by atoms with E-state index in [2.05, 4.69) is 40.3 Å². The number of benzene rings is 1. The number of hydrogen-bond acceptors (Lipinski definition) is 8. The Hall–Kier alpha value is -3.82. The van der Waals surface area contributed by atoms with Gasteiger partial charge >= 0.3 is 0 Å². The van der Waals surface area contributed by atoms with Gasteiger partial charge in [-0.1, -0.05) is 23.4 Å². The molecule has 3 aromatic heterocycles. The second-order valence-corrected chi connectivity index (χ2v) is 7.18. The molecular formula is C20H20N8O2. The molecule has 1 aliphatic heterocycles. The van der Waals surface area contributed by atoms with Gasteiger partial charge in [0.1, 0.15) is 11.8 Å². The first-order chi connectivity index (χ1) is 14.8. The zero-order chi connectivity index (χ0) is 20.3. The Morgan fingerprint density at radius 2 is 2.13 bits per heavy atom. The number of nitrogens with one attached hydrogen (secondary N) is 2. The molecule has 2 N–H and O–H groups in total. The van der Waals surface area contributed by atoms with Gasteiger partial charge in [-0.25, -0.2) is 15.0 Å². The number of nitrogens with zero attached hydrogens (tertiary/aromatic N) is 6. The minimum atomic E-state index is -0.146. The van der Waals surface area contributed by atoms with Gasteiger partial charge in [0.15, 0.2) is 17.3 Å². The predicted molar refractivity (Wildman–Crippen MR) is 108 cm³/mol. The summed E-state index contributed by atoms with van der Waals surface area (Å²) >= 11 is 0. The summed E-state index contributed by atoms with van der Waals surface area (Å²) in [6, 6.07) is 9.54. The lowest BCUT2D eigenvalue weighted by atomic mass is 9.97. The van der Waals surface area contributed by atoms with Crippen LogP contribution in [0, 0.1) is 5.92 Å². The number of H-pyrrole nitrogens is 1. The van der Waals surface area contributed by atoms with Crippen LogP contribution >= 0.6 is 0 Å². The van der Waals surface area contributed by atoms with Gasteiger partial charge < -0.3 is 19.7 Å². The number of carbonyl (C=O) groups is 1. The van der Waals surface area contributed by atoms with Gasteiger partial charge in [-0.2, -0.15) is 4.98 Å². The maximum Gasteiger partial charge on any atom is 0.257 e. The van der Waals surface area contributed by atoms with Crippen LogP contribution < -0.4 is 10.2 Å². The van der Waals surface area contributed by atoms with Crippen molar-refractivity contribution in [3.05, 3.63) is 48.8 Å². The number of fused-ring (bicyclic) bond motifs is 1.